The van der Waals surface area contributed by atoms with E-state index in [9.17, 15) is 9.90 Å². The summed E-state index contributed by atoms with van der Waals surface area (Å²) >= 11 is 6.21. The van der Waals surface area contributed by atoms with E-state index in [2.05, 4.69) is 31.6 Å². The molecule has 36 heavy (non-hydrogen) atoms. The molecule has 0 radical (unpaired) electrons. The molecule has 6 rings (SSSR count). The summed E-state index contributed by atoms with van der Waals surface area (Å²) in [5.41, 5.74) is 2.92. The number of benzene rings is 1. The standard InChI is InChI=1S/C28H36ClN5O2/c1-18-15-23(35)26-24(18)27(31-17-30-26)32-11-13-33(14-12-32)28(36)25(20-6-8-21(29)9-7-20)22-3-2-10-34(22)16-19-4-5-19/h6-9,17-19,22-23,25,35H,2-5,10-16H2,1H3/t18-,22?,23-,25?/m1/s1. The van der Waals surface area contributed by atoms with E-state index in [4.69, 9.17) is 11.6 Å². The fourth-order valence-corrected chi connectivity index (χ4v) is 6.70. The average Bonchev–Trinajstić information content (AvgIpc) is 3.52. The van der Waals surface area contributed by atoms with Gasteiger partial charge in [-0.1, -0.05) is 30.7 Å². The van der Waals surface area contributed by atoms with E-state index in [1.54, 1.807) is 6.33 Å². The molecule has 1 aromatic heterocycles. The van der Waals surface area contributed by atoms with Crippen molar-refractivity contribution in [2.45, 2.75) is 63.0 Å². The maximum Gasteiger partial charge on any atom is 0.231 e. The molecule has 3 fully saturated rings. The van der Waals surface area contributed by atoms with Gasteiger partial charge in [-0.3, -0.25) is 9.69 Å². The number of hydrogen-bond acceptors (Lipinski definition) is 6. The van der Waals surface area contributed by atoms with Crippen LogP contribution in [0.3, 0.4) is 0 Å². The summed E-state index contributed by atoms with van der Waals surface area (Å²) in [5, 5.41) is 11.1. The Morgan fingerprint density at radius 3 is 2.56 bits per heavy atom. The Morgan fingerprint density at radius 2 is 1.83 bits per heavy atom. The van der Waals surface area contributed by atoms with E-state index in [1.807, 2.05) is 24.3 Å². The fraction of sp³-hybridized carbons (Fsp3) is 0.607. The summed E-state index contributed by atoms with van der Waals surface area (Å²) in [5.74, 6) is 2.05. The second kappa shape index (κ2) is 9.92. The van der Waals surface area contributed by atoms with E-state index in [1.165, 1.54) is 12.8 Å². The van der Waals surface area contributed by atoms with Crippen molar-refractivity contribution >= 4 is 23.3 Å². The number of piperazine rings is 1. The number of anilines is 1. The Morgan fingerprint density at radius 1 is 1.08 bits per heavy atom. The molecule has 1 saturated carbocycles. The summed E-state index contributed by atoms with van der Waals surface area (Å²) in [7, 11) is 0. The topological polar surface area (TPSA) is 72.8 Å². The first-order chi connectivity index (χ1) is 17.5. The van der Waals surface area contributed by atoms with Crippen molar-refractivity contribution in [2.24, 2.45) is 5.92 Å². The summed E-state index contributed by atoms with van der Waals surface area (Å²) in [4.78, 5) is 30.0. The van der Waals surface area contributed by atoms with Gasteiger partial charge in [-0.15, -0.1) is 0 Å². The Hall–Kier alpha value is -2.22. The van der Waals surface area contributed by atoms with Crippen LogP contribution in [0.1, 0.15) is 73.8 Å². The third-order valence-electron chi connectivity index (χ3n) is 8.65. The zero-order valence-electron chi connectivity index (χ0n) is 21.0. The molecule has 3 heterocycles. The third kappa shape index (κ3) is 4.61. The maximum atomic E-state index is 14.1. The number of fused-ring (bicyclic) bond motifs is 1. The van der Waals surface area contributed by atoms with Crippen LogP contribution < -0.4 is 4.90 Å². The van der Waals surface area contributed by atoms with Gasteiger partial charge in [-0.25, -0.2) is 9.97 Å². The molecular formula is C28H36ClN5O2. The number of aliphatic hydroxyl groups is 1. The lowest BCUT2D eigenvalue weighted by atomic mass is 9.88. The quantitative estimate of drug-likeness (QED) is 0.635. The lowest BCUT2D eigenvalue weighted by Crippen LogP contribution is -2.52. The van der Waals surface area contributed by atoms with Crippen molar-refractivity contribution in [3.8, 4) is 0 Å². The molecule has 2 saturated heterocycles. The third-order valence-corrected chi connectivity index (χ3v) is 8.91. The molecule has 8 heteroatoms. The van der Waals surface area contributed by atoms with Crippen molar-refractivity contribution < 1.29 is 9.90 Å². The van der Waals surface area contributed by atoms with Crippen molar-refractivity contribution in [1.29, 1.82) is 0 Å². The number of hydrogen-bond donors (Lipinski definition) is 1. The second-order valence-electron chi connectivity index (χ2n) is 11.1. The lowest BCUT2D eigenvalue weighted by Gasteiger charge is -2.40. The Balaban J connectivity index is 1.20. The number of nitrogens with zero attached hydrogens (tertiary/aromatic N) is 5. The molecular weight excluding hydrogens is 474 g/mol. The van der Waals surface area contributed by atoms with Gasteiger partial charge in [0.05, 0.1) is 17.7 Å². The summed E-state index contributed by atoms with van der Waals surface area (Å²) < 4.78 is 0. The van der Waals surface area contributed by atoms with Crippen molar-refractivity contribution in [3.05, 3.63) is 52.4 Å². The summed E-state index contributed by atoms with van der Waals surface area (Å²) in [6, 6.07) is 8.18. The number of carbonyl (C=O) groups is 1. The Labute approximate surface area is 218 Å². The van der Waals surface area contributed by atoms with Crippen molar-refractivity contribution in [2.75, 3.05) is 44.2 Å². The van der Waals surface area contributed by atoms with Gasteiger partial charge in [0, 0.05) is 49.4 Å². The first kappa shape index (κ1) is 24.1. The smallest absolute Gasteiger partial charge is 0.231 e. The molecule has 4 aliphatic rings. The number of halogens is 1. The molecule has 2 aliphatic heterocycles. The van der Waals surface area contributed by atoms with Crippen molar-refractivity contribution in [3.63, 3.8) is 0 Å². The molecule has 0 bridgehead atoms. The van der Waals surface area contributed by atoms with Crippen LogP contribution in [0.15, 0.2) is 30.6 Å². The molecule has 1 N–H and O–H groups in total. The predicted octanol–water partition coefficient (Wildman–Crippen LogP) is 3.98. The Bertz CT molecular complexity index is 1100. The van der Waals surface area contributed by atoms with Gasteiger partial charge in [0.25, 0.3) is 0 Å². The highest BCUT2D eigenvalue weighted by Crippen LogP contribution is 2.43. The fourth-order valence-electron chi connectivity index (χ4n) is 6.58. The van der Waals surface area contributed by atoms with E-state index in [-0.39, 0.29) is 23.8 Å². The van der Waals surface area contributed by atoms with Gasteiger partial charge in [0.2, 0.25) is 5.91 Å². The van der Waals surface area contributed by atoms with Crippen LogP contribution in [-0.2, 0) is 4.79 Å². The van der Waals surface area contributed by atoms with Crippen LogP contribution in [-0.4, -0.2) is 76.1 Å². The lowest BCUT2D eigenvalue weighted by molar-refractivity contribution is -0.134. The number of likely N-dealkylation sites (tertiary alicyclic amines) is 1. The summed E-state index contributed by atoms with van der Waals surface area (Å²) in [6.07, 6.45) is 6.63. The van der Waals surface area contributed by atoms with E-state index in [0.29, 0.717) is 24.5 Å². The van der Waals surface area contributed by atoms with Crippen LogP contribution >= 0.6 is 11.6 Å². The second-order valence-corrected chi connectivity index (χ2v) is 11.6. The van der Waals surface area contributed by atoms with Gasteiger partial charge in [-0.2, -0.15) is 0 Å². The van der Waals surface area contributed by atoms with Gasteiger partial charge in [0.1, 0.15) is 12.1 Å². The minimum absolute atomic E-state index is 0.159. The van der Waals surface area contributed by atoms with Crippen LogP contribution in [0.25, 0.3) is 0 Å². The zero-order valence-corrected chi connectivity index (χ0v) is 21.8. The largest absolute Gasteiger partial charge is 0.387 e. The van der Waals surface area contributed by atoms with E-state index >= 15 is 0 Å². The number of aliphatic hydroxyl groups excluding tert-OH is 1. The predicted molar refractivity (Wildman–Crippen MR) is 140 cm³/mol. The molecule has 1 aromatic carbocycles. The van der Waals surface area contributed by atoms with E-state index in [0.717, 1.165) is 67.6 Å². The van der Waals surface area contributed by atoms with Gasteiger partial charge < -0.3 is 14.9 Å². The van der Waals surface area contributed by atoms with E-state index < -0.39 is 6.10 Å². The maximum absolute atomic E-state index is 14.1. The van der Waals surface area contributed by atoms with Gasteiger partial charge >= 0.3 is 0 Å². The molecule has 2 aromatic rings. The number of rotatable bonds is 6. The number of amides is 1. The molecule has 192 valence electrons. The summed E-state index contributed by atoms with van der Waals surface area (Å²) in [6.45, 7) is 7.17. The number of aromatic nitrogens is 2. The minimum Gasteiger partial charge on any atom is -0.387 e. The van der Waals surface area contributed by atoms with Crippen LogP contribution in [0.2, 0.25) is 5.02 Å². The van der Waals surface area contributed by atoms with Gasteiger partial charge in [0.15, 0.2) is 0 Å². The number of carbonyl (C=O) groups excluding carboxylic acids is 1. The first-order valence-corrected chi connectivity index (χ1v) is 13.9. The Kier molecular flexibility index (Phi) is 6.65. The van der Waals surface area contributed by atoms with Gasteiger partial charge in [-0.05, 0) is 68.2 Å². The average molecular weight is 510 g/mol. The minimum atomic E-state index is -0.509. The van der Waals surface area contributed by atoms with Crippen molar-refractivity contribution in [1.82, 2.24) is 19.8 Å². The molecule has 7 nitrogen and oxygen atoms in total. The van der Waals surface area contributed by atoms with Crippen LogP contribution in [0, 0.1) is 5.92 Å². The van der Waals surface area contributed by atoms with Crippen LogP contribution in [0.4, 0.5) is 5.82 Å². The molecule has 2 unspecified atom stereocenters. The van der Waals surface area contributed by atoms with Crippen LogP contribution in [0.5, 0.6) is 0 Å². The zero-order chi connectivity index (χ0) is 24.8. The molecule has 4 atom stereocenters. The highest BCUT2D eigenvalue weighted by Gasteiger charge is 2.41. The highest BCUT2D eigenvalue weighted by molar-refractivity contribution is 6.30. The highest BCUT2D eigenvalue weighted by atomic mass is 35.5. The molecule has 2 aliphatic carbocycles. The SMILES string of the molecule is C[C@@H]1C[C@@H](O)c2ncnc(N3CCN(C(=O)C(c4ccc(Cl)cc4)C4CCCN4CC4CC4)CC3)c21. The molecule has 0 spiro atoms. The first-order valence-electron chi connectivity index (χ1n) is 13.6. The molecule has 1 amide bonds. The normalized spacial score (nSPS) is 27.4. The monoisotopic (exact) mass is 509 g/mol.